The molecule has 0 unspecified atom stereocenters. The standard InChI is InChI=1S/C29H20/c1-3-9-25-21(7-1)14-15-23-17-20(13-16-28(23)25)18-24-19-22-8-2-4-10-26(22)29-12-6-5-11-27(24)29/h1-17,19H,18H2. The van der Waals surface area contributed by atoms with E-state index in [1.807, 2.05) is 0 Å². The van der Waals surface area contributed by atoms with E-state index in [9.17, 15) is 0 Å². The summed E-state index contributed by atoms with van der Waals surface area (Å²) in [5, 5.41) is 10.6. The Morgan fingerprint density at radius 3 is 1.76 bits per heavy atom. The van der Waals surface area contributed by atoms with Crippen molar-refractivity contribution in [3.8, 4) is 0 Å². The predicted octanol–water partition coefficient (Wildman–Crippen LogP) is 7.89. The van der Waals surface area contributed by atoms with Gasteiger partial charge in [0.25, 0.3) is 0 Å². The Balaban J connectivity index is 1.52. The van der Waals surface area contributed by atoms with E-state index in [0.717, 1.165) is 6.42 Å². The van der Waals surface area contributed by atoms with Crippen molar-refractivity contribution in [3.05, 3.63) is 120 Å². The summed E-state index contributed by atoms with van der Waals surface area (Å²) in [4.78, 5) is 0. The van der Waals surface area contributed by atoms with Gasteiger partial charge in [0.05, 0.1) is 0 Å². The number of hydrogen-bond acceptors (Lipinski definition) is 0. The highest BCUT2D eigenvalue weighted by molar-refractivity contribution is 6.09. The van der Waals surface area contributed by atoms with Crippen LogP contribution in [0.2, 0.25) is 0 Å². The molecule has 0 saturated heterocycles. The maximum Gasteiger partial charge on any atom is -0.00192 e. The van der Waals surface area contributed by atoms with Crippen molar-refractivity contribution in [2.45, 2.75) is 6.42 Å². The van der Waals surface area contributed by atoms with E-state index < -0.39 is 0 Å². The highest BCUT2D eigenvalue weighted by atomic mass is 14.1. The molecule has 0 fully saturated rings. The Labute approximate surface area is 170 Å². The molecule has 0 N–H and O–H groups in total. The molecular weight excluding hydrogens is 348 g/mol. The van der Waals surface area contributed by atoms with Crippen molar-refractivity contribution in [2.75, 3.05) is 0 Å². The maximum absolute atomic E-state index is 2.36. The van der Waals surface area contributed by atoms with E-state index in [-0.39, 0.29) is 0 Å². The van der Waals surface area contributed by atoms with Gasteiger partial charge in [0.2, 0.25) is 0 Å². The summed E-state index contributed by atoms with van der Waals surface area (Å²) >= 11 is 0. The van der Waals surface area contributed by atoms with Gasteiger partial charge in [-0.3, -0.25) is 0 Å². The van der Waals surface area contributed by atoms with E-state index in [1.54, 1.807) is 0 Å². The van der Waals surface area contributed by atoms with Crippen LogP contribution >= 0.6 is 0 Å². The summed E-state index contributed by atoms with van der Waals surface area (Å²) in [5.41, 5.74) is 2.74. The molecule has 6 aromatic carbocycles. The third kappa shape index (κ3) is 2.68. The highest BCUT2D eigenvalue weighted by Gasteiger charge is 2.08. The van der Waals surface area contributed by atoms with Crippen LogP contribution < -0.4 is 0 Å². The van der Waals surface area contributed by atoms with Gasteiger partial charge in [-0.2, -0.15) is 0 Å². The molecule has 136 valence electrons. The first kappa shape index (κ1) is 16.3. The molecule has 0 aliphatic heterocycles. The summed E-state index contributed by atoms with van der Waals surface area (Å²) in [6.07, 6.45) is 0.939. The van der Waals surface area contributed by atoms with Crippen molar-refractivity contribution in [1.82, 2.24) is 0 Å². The van der Waals surface area contributed by atoms with E-state index in [4.69, 9.17) is 0 Å². The van der Waals surface area contributed by atoms with Gasteiger partial charge < -0.3 is 0 Å². The van der Waals surface area contributed by atoms with Gasteiger partial charge in [-0.05, 0) is 60.6 Å². The minimum absolute atomic E-state index is 0.939. The minimum atomic E-state index is 0.939. The summed E-state index contributed by atoms with van der Waals surface area (Å²) < 4.78 is 0. The molecule has 6 aromatic rings. The second kappa shape index (κ2) is 6.46. The van der Waals surface area contributed by atoms with Crippen LogP contribution in [0.5, 0.6) is 0 Å². The van der Waals surface area contributed by atoms with Crippen LogP contribution in [0.15, 0.2) is 109 Å². The fourth-order valence-electron chi connectivity index (χ4n) is 4.67. The molecule has 0 heteroatoms. The largest absolute Gasteiger partial charge is 0.0616 e. The van der Waals surface area contributed by atoms with Crippen molar-refractivity contribution in [1.29, 1.82) is 0 Å². The number of fused-ring (bicyclic) bond motifs is 6. The zero-order valence-corrected chi connectivity index (χ0v) is 16.1. The van der Waals surface area contributed by atoms with Crippen LogP contribution in [0.25, 0.3) is 43.1 Å². The summed E-state index contributed by atoms with van der Waals surface area (Å²) in [6, 6.07) is 39.9. The number of benzene rings is 6. The molecule has 0 bridgehead atoms. The van der Waals surface area contributed by atoms with Gasteiger partial charge in [0, 0.05) is 0 Å². The van der Waals surface area contributed by atoms with E-state index in [0.29, 0.717) is 0 Å². The third-order valence-electron chi connectivity index (χ3n) is 6.06. The van der Waals surface area contributed by atoms with Gasteiger partial charge in [-0.25, -0.2) is 0 Å². The summed E-state index contributed by atoms with van der Waals surface area (Å²) in [5.74, 6) is 0. The van der Waals surface area contributed by atoms with Crippen LogP contribution in [-0.4, -0.2) is 0 Å². The molecule has 6 rings (SSSR count). The van der Waals surface area contributed by atoms with E-state index in [1.165, 1.54) is 54.2 Å². The third-order valence-corrected chi connectivity index (χ3v) is 6.06. The topological polar surface area (TPSA) is 0 Å². The van der Waals surface area contributed by atoms with E-state index in [2.05, 4.69) is 109 Å². The lowest BCUT2D eigenvalue weighted by atomic mass is 9.92. The monoisotopic (exact) mass is 368 g/mol. The lowest BCUT2D eigenvalue weighted by molar-refractivity contribution is 1.23. The number of rotatable bonds is 2. The first-order chi connectivity index (χ1) is 14.4. The average molecular weight is 368 g/mol. The van der Waals surface area contributed by atoms with Gasteiger partial charge in [-0.15, -0.1) is 0 Å². The Bertz CT molecular complexity index is 1520. The van der Waals surface area contributed by atoms with Crippen LogP contribution in [0, 0.1) is 0 Å². The lowest BCUT2D eigenvalue weighted by Crippen LogP contribution is -1.92. The van der Waals surface area contributed by atoms with Crippen LogP contribution in [0.3, 0.4) is 0 Å². The van der Waals surface area contributed by atoms with Crippen molar-refractivity contribution >= 4 is 43.1 Å². The molecule has 0 saturated carbocycles. The fraction of sp³-hybridized carbons (Fsp3) is 0.0345. The highest BCUT2D eigenvalue weighted by Crippen LogP contribution is 2.31. The molecular formula is C29H20. The smallest absolute Gasteiger partial charge is 0.00192 e. The molecule has 0 heterocycles. The maximum atomic E-state index is 2.36. The second-order valence-electron chi connectivity index (χ2n) is 7.82. The van der Waals surface area contributed by atoms with Crippen molar-refractivity contribution < 1.29 is 0 Å². The Morgan fingerprint density at radius 1 is 0.379 bits per heavy atom. The summed E-state index contributed by atoms with van der Waals surface area (Å²) in [6.45, 7) is 0. The number of hydrogen-bond donors (Lipinski definition) is 0. The minimum Gasteiger partial charge on any atom is -0.0616 e. The zero-order valence-electron chi connectivity index (χ0n) is 16.1. The molecule has 0 radical (unpaired) electrons. The second-order valence-corrected chi connectivity index (χ2v) is 7.82. The fourth-order valence-corrected chi connectivity index (χ4v) is 4.67. The molecule has 0 atom stereocenters. The normalized spacial score (nSPS) is 11.6. The van der Waals surface area contributed by atoms with E-state index >= 15 is 0 Å². The van der Waals surface area contributed by atoms with Crippen molar-refractivity contribution in [3.63, 3.8) is 0 Å². The molecule has 29 heavy (non-hydrogen) atoms. The van der Waals surface area contributed by atoms with Crippen LogP contribution in [0.4, 0.5) is 0 Å². The molecule has 0 amide bonds. The lowest BCUT2D eigenvalue weighted by Gasteiger charge is -2.12. The van der Waals surface area contributed by atoms with Gasteiger partial charge in [-0.1, -0.05) is 109 Å². The van der Waals surface area contributed by atoms with Crippen LogP contribution in [-0.2, 0) is 6.42 Å². The van der Waals surface area contributed by atoms with Gasteiger partial charge in [0.1, 0.15) is 0 Å². The Kier molecular flexibility index (Phi) is 3.64. The molecule has 0 aliphatic rings. The predicted molar refractivity (Wildman–Crippen MR) is 126 cm³/mol. The first-order valence-corrected chi connectivity index (χ1v) is 10.2. The van der Waals surface area contributed by atoms with Gasteiger partial charge >= 0.3 is 0 Å². The average Bonchev–Trinajstić information content (AvgIpc) is 2.79. The Hall–Kier alpha value is -3.64. The molecule has 0 aliphatic carbocycles. The SMILES string of the molecule is c1ccc2c(c1)ccc1cc(Cc3cc4ccccc4c4ccccc34)ccc12. The quantitative estimate of drug-likeness (QED) is 0.273. The summed E-state index contributed by atoms with van der Waals surface area (Å²) in [7, 11) is 0. The van der Waals surface area contributed by atoms with Gasteiger partial charge in [0.15, 0.2) is 0 Å². The van der Waals surface area contributed by atoms with Crippen LogP contribution in [0.1, 0.15) is 11.1 Å². The Morgan fingerprint density at radius 2 is 0.931 bits per heavy atom. The zero-order chi connectivity index (χ0) is 19.2. The molecule has 0 spiro atoms. The first-order valence-electron chi connectivity index (χ1n) is 10.2. The molecule has 0 aromatic heterocycles. The van der Waals surface area contributed by atoms with Crippen molar-refractivity contribution in [2.24, 2.45) is 0 Å². The molecule has 0 nitrogen and oxygen atoms in total.